The molecule has 0 aliphatic carbocycles. The Morgan fingerprint density at radius 3 is 2.76 bits per heavy atom. The van der Waals surface area contributed by atoms with E-state index in [2.05, 4.69) is 21.2 Å². The van der Waals surface area contributed by atoms with Gasteiger partial charge in [0.25, 0.3) is 5.91 Å². The van der Waals surface area contributed by atoms with Crippen LogP contribution >= 0.6 is 15.9 Å². The van der Waals surface area contributed by atoms with Crippen LogP contribution in [-0.4, -0.2) is 5.91 Å². The number of aryl methyl sites for hydroxylation is 1. The summed E-state index contributed by atoms with van der Waals surface area (Å²) in [5.74, 6) is -0.145. The second kappa shape index (κ2) is 5.19. The van der Waals surface area contributed by atoms with Crippen molar-refractivity contribution in [1.82, 2.24) is 5.32 Å². The maximum Gasteiger partial charge on any atom is 0.256 e. The summed E-state index contributed by atoms with van der Waals surface area (Å²) in [4.78, 5) is 11.8. The number of halogens is 1. The summed E-state index contributed by atoms with van der Waals surface area (Å²) in [6.45, 7) is 2.54. The van der Waals surface area contributed by atoms with Gasteiger partial charge in [-0.05, 0) is 40.0 Å². The van der Waals surface area contributed by atoms with Gasteiger partial charge in [0.2, 0.25) is 0 Å². The fourth-order valence-electron chi connectivity index (χ4n) is 1.53. The Bertz CT molecular complexity index is 534. The number of amides is 1. The fraction of sp³-hybridized carbons (Fsp3) is 0.154. The quantitative estimate of drug-likeness (QED) is 0.944. The largest absolute Gasteiger partial charge is 0.457 e. The molecule has 4 heteroatoms. The highest BCUT2D eigenvalue weighted by molar-refractivity contribution is 9.10. The van der Waals surface area contributed by atoms with Gasteiger partial charge >= 0.3 is 0 Å². The van der Waals surface area contributed by atoms with E-state index in [-0.39, 0.29) is 5.91 Å². The summed E-state index contributed by atoms with van der Waals surface area (Å²) in [5.41, 5.74) is 2.79. The lowest BCUT2D eigenvalue weighted by Gasteiger charge is -2.06. The van der Waals surface area contributed by atoms with Crippen LogP contribution in [0.4, 0.5) is 0 Å². The normalized spacial score (nSPS) is 10.2. The van der Waals surface area contributed by atoms with Crippen LogP contribution in [0, 0.1) is 6.92 Å². The van der Waals surface area contributed by atoms with Crippen molar-refractivity contribution in [3.8, 4) is 0 Å². The predicted octanol–water partition coefficient (Wildman–Crippen LogP) is 3.28. The van der Waals surface area contributed by atoms with E-state index in [4.69, 9.17) is 4.42 Å². The molecule has 0 radical (unpaired) electrons. The lowest BCUT2D eigenvalue weighted by molar-refractivity contribution is 0.0949. The van der Waals surface area contributed by atoms with Gasteiger partial charge in [-0.2, -0.15) is 0 Å². The molecular formula is C13H12BrNO2. The van der Waals surface area contributed by atoms with Gasteiger partial charge in [0, 0.05) is 6.54 Å². The van der Waals surface area contributed by atoms with Crippen LogP contribution in [0.25, 0.3) is 0 Å². The molecule has 3 nitrogen and oxygen atoms in total. The molecule has 88 valence electrons. The molecule has 2 rings (SSSR count). The highest BCUT2D eigenvalue weighted by Crippen LogP contribution is 2.17. The zero-order chi connectivity index (χ0) is 12.3. The number of hydrogen-bond donors (Lipinski definition) is 1. The second-order valence-corrected chi connectivity index (χ2v) is 4.44. The third kappa shape index (κ3) is 2.77. The van der Waals surface area contributed by atoms with Gasteiger partial charge in [0.15, 0.2) is 4.67 Å². The van der Waals surface area contributed by atoms with Gasteiger partial charge in [-0.3, -0.25) is 4.79 Å². The molecule has 1 aromatic carbocycles. The SMILES string of the molecule is Cc1ccccc1CNC(=O)c1ccoc1Br. The Labute approximate surface area is 108 Å². The Kier molecular flexibility index (Phi) is 3.64. The number of benzene rings is 1. The van der Waals surface area contributed by atoms with Crippen molar-refractivity contribution >= 4 is 21.8 Å². The first-order valence-corrected chi connectivity index (χ1v) is 6.03. The molecule has 0 saturated carbocycles. The molecular weight excluding hydrogens is 282 g/mol. The Balaban J connectivity index is 2.02. The van der Waals surface area contributed by atoms with E-state index in [1.54, 1.807) is 6.07 Å². The molecule has 1 aromatic heterocycles. The lowest BCUT2D eigenvalue weighted by Crippen LogP contribution is -2.23. The van der Waals surface area contributed by atoms with Crippen LogP contribution in [-0.2, 0) is 6.54 Å². The molecule has 0 atom stereocenters. The number of carbonyl (C=O) groups excluding carboxylic acids is 1. The summed E-state index contributed by atoms with van der Waals surface area (Å²) in [6, 6.07) is 9.60. The average molecular weight is 294 g/mol. The summed E-state index contributed by atoms with van der Waals surface area (Å²) in [6.07, 6.45) is 1.48. The van der Waals surface area contributed by atoms with Crippen molar-refractivity contribution in [1.29, 1.82) is 0 Å². The van der Waals surface area contributed by atoms with Crippen LogP contribution in [0.15, 0.2) is 45.7 Å². The smallest absolute Gasteiger partial charge is 0.256 e. The molecule has 17 heavy (non-hydrogen) atoms. The minimum Gasteiger partial charge on any atom is -0.457 e. The summed E-state index contributed by atoms with van der Waals surface area (Å²) in [7, 11) is 0. The van der Waals surface area contributed by atoms with Crippen molar-refractivity contribution in [3.05, 3.63) is 58.0 Å². The number of nitrogens with one attached hydrogen (secondary N) is 1. The van der Waals surface area contributed by atoms with Crippen LogP contribution < -0.4 is 5.32 Å². The highest BCUT2D eigenvalue weighted by atomic mass is 79.9. The van der Waals surface area contributed by atoms with Gasteiger partial charge < -0.3 is 9.73 Å². The first-order valence-electron chi connectivity index (χ1n) is 5.24. The monoisotopic (exact) mass is 293 g/mol. The Hall–Kier alpha value is -1.55. The van der Waals surface area contributed by atoms with Crippen molar-refractivity contribution in [2.24, 2.45) is 0 Å². The second-order valence-electron chi connectivity index (χ2n) is 3.72. The molecule has 1 amide bonds. The third-order valence-corrected chi connectivity index (χ3v) is 3.18. The van der Waals surface area contributed by atoms with E-state index in [1.807, 2.05) is 31.2 Å². The molecule has 0 aliphatic rings. The van der Waals surface area contributed by atoms with Gasteiger partial charge in [-0.1, -0.05) is 24.3 Å². The van der Waals surface area contributed by atoms with Gasteiger partial charge in [0.1, 0.15) is 0 Å². The third-order valence-electron chi connectivity index (χ3n) is 2.56. The lowest BCUT2D eigenvalue weighted by atomic mass is 10.1. The van der Waals surface area contributed by atoms with Crippen LogP contribution in [0.5, 0.6) is 0 Å². The molecule has 1 heterocycles. The van der Waals surface area contributed by atoms with Crippen LogP contribution in [0.1, 0.15) is 21.5 Å². The highest BCUT2D eigenvalue weighted by Gasteiger charge is 2.12. The predicted molar refractivity (Wildman–Crippen MR) is 68.8 cm³/mol. The van der Waals surface area contributed by atoms with E-state index in [0.29, 0.717) is 16.8 Å². The van der Waals surface area contributed by atoms with Gasteiger partial charge in [-0.15, -0.1) is 0 Å². The van der Waals surface area contributed by atoms with E-state index in [0.717, 1.165) is 5.56 Å². The minimum absolute atomic E-state index is 0.145. The Morgan fingerprint density at radius 2 is 2.12 bits per heavy atom. The van der Waals surface area contributed by atoms with E-state index >= 15 is 0 Å². The standard InChI is InChI=1S/C13H12BrNO2/c1-9-4-2-3-5-10(9)8-15-13(16)11-6-7-17-12(11)14/h2-7H,8H2,1H3,(H,15,16). The van der Waals surface area contributed by atoms with E-state index in [1.165, 1.54) is 11.8 Å². The Morgan fingerprint density at radius 1 is 1.35 bits per heavy atom. The molecule has 1 N–H and O–H groups in total. The topological polar surface area (TPSA) is 42.2 Å². The molecule has 0 bridgehead atoms. The van der Waals surface area contributed by atoms with Gasteiger partial charge in [0.05, 0.1) is 11.8 Å². The molecule has 0 aliphatic heterocycles. The number of carbonyl (C=O) groups is 1. The number of rotatable bonds is 3. The first-order chi connectivity index (χ1) is 8.18. The summed E-state index contributed by atoms with van der Waals surface area (Å²) in [5, 5.41) is 2.85. The maximum absolute atomic E-state index is 11.8. The van der Waals surface area contributed by atoms with Crippen molar-refractivity contribution in [2.45, 2.75) is 13.5 Å². The maximum atomic E-state index is 11.8. The van der Waals surface area contributed by atoms with Gasteiger partial charge in [-0.25, -0.2) is 0 Å². The van der Waals surface area contributed by atoms with Crippen molar-refractivity contribution < 1.29 is 9.21 Å². The van der Waals surface area contributed by atoms with E-state index < -0.39 is 0 Å². The van der Waals surface area contributed by atoms with E-state index in [9.17, 15) is 4.79 Å². The fourth-order valence-corrected chi connectivity index (χ4v) is 1.96. The van der Waals surface area contributed by atoms with Crippen molar-refractivity contribution in [2.75, 3.05) is 0 Å². The molecule has 0 saturated heterocycles. The van der Waals surface area contributed by atoms with Crippen molar-refractivity contribution in [3.63, 3.8) is 0 Å². The zero-order valence-electron chi connectivity index (χ0n) is 9.37. The van der Waals surface area contributed by atoms with Crippen LogP contribution in [0.3, 0.4) is 0 Å². The average Bonchev–Trinajstić information content (AvgIpc) is 2.74. The first kappa shape index (κ1) is 11.9. The zero-order valence-corrected chi connectivity index (χ0v) is 11.0. The number of hydrogen-bond acceptors (Lipinski definition) is 2. The summed E-state index contributed by atoms with van der Waals surface area (Å²) < 4.78 is 5.48. The number of furan rings is 1. The minimum atomic E-state index is -0.145. The summed E-state index contributed by atoms with van der Waals surface area (Å²) >= 11 is 3.18. The molecule has 2 aromatic rings. The molecule has 0 fully saturated rings. The molecule has 0 unspecified atom stereocenters. The van der Waals surface area contributed by atoms with Crippen LogP contribution in [0.2, 0.25) is 0 Å². The molecule has 0 spiro atoms.